The average molecular weight is 504 g/mol. The van der Waals surface area contributed by atoms with E-state index in [0.717, 1.165) is 10.5 Å². The Kier molecular flexibility index (Phi) is 7.46. The number of hydrogen-bond acceptors (Lipinski definition) is 6. The number of nitrogens with zero attached hydrogens (tertiary/aromatic N) is 1. The lowest BCUT2D eigenvalue weighted by Crippen LogP contribution is -2.34. The maximum atomic E-state index is 12.8. The highest BCUT2D eigenvalue weighted by atomic mass is 35.5. The van der Waals surface area contributed by atoms with E-state index in [1.165, 1.54) is 13.2 Å². The Labute approximate surface area is 212 Å². The Morgan fingerprint density at radius 1 is 0.861 bits per heavy atom. The number of benzene rings is 3. The van der Waals surface area contributed by atoms with Crippen LogP contribution in [0, 0.1) is 0 Å². The van der Waals surface area contributed by atoms with Crippen LogP contribution in [0.3, 0.4) is 0 Å². The molecule has 1 aliphatic rings. The van der Waals surface area contributed by atoms with Gasteiger partial charge in [-0.25, -0.2) is 4.79 Å². The molecule has 9 heteroatoms. The van der Waals surface area contributed by atoms with Gasteiger partial charge in [-0.1, -0.05) is 48.0 Å². The zero-order chi connectivity index (χ0) is 25.7. The van der Waals surface area contributed by atoms with Crippen LogP contribution in [0.2, 0.25) is 0 Å². The lowest BCUT2D eigenvalue weighted by atomic mass is 10.1. The standard InChI is InChI=1S/C27H22ClN3O5/c1-36-27(35)19-8-5-9-21(16-19)30-24(32)18-10-12-20(13-11-18)29-23-22(28)25(33)31(26(23)34)15-14-17-6-3-2-4-7-17/h2-13,16,29H,14-15H2,1H3,(H,30,32). The molecule has 0 aliphatic carbocycles. The third-order valence-electron chi connectivity index (χ3n) is 5.54. The Morgan fingerprint density at radius 3 is 2.28 bits per heavy atom. The van der Waals surface area contributed by atoms with Crippen molar-refractivity contribution < 1.29 is 23.9 Å². The maximum Gasteiger partial charge on any atom is 0.337 e. The molecule has 0 saturated heterocycles. The lowest BCUT2D eigenvalue weighted by Gasteiger charge is -2.15. The molecule has 3 amide bonds. The van der Waals surface area contributed by atoms with E-state index in [0.29, 0.717) is 28.9 Å². The van der Waals surface area contributed by atoms with Crippen LogP contribution in [0.25, 0.3) is 0 Å². The van der Waals surface area contributed by atoms with Gasteiger partial charge in [0.25, 0.3) is 17.7 Å². The molecule has 4 rings (SSSR count). The number of imide groups is 1. The monoisotopic (exact) mass is 503 g/mol. The number of carbonyl (C=O) groups is 4. The topological polar surface area (TPSA) is 105 Å². The molecule has 1 heterocycles. The highest BCUT2D eigenvalue weighted by Gasteiger charge is 2.37. The second-order valence-corrected chi connectivity index (χ2v) is 8.29. The summed E-state index contributed by atoms with van der Waals surface area (Å²) < 4.78 is 4.69. The van der Waals surface area contributed by atoms with Crippen molar-refractivity contribution in [2.75, 3.05) is 24.3 Å². The van der Waals surface area contributed by atoms with Crippen molar-refractivity contribution in [2.24, 2.45) is 0 Å². The summed E-state index contributed by atoms with van der Waals surface area (Å²) in [4.78, 5) is 50.8. The molecule has 0 atom stereocenters. The van der Waals surface area contributed by atoms with Crippen LogP contribution < -0.4 is 10.6 Å². The van der Waals surface area contributed by atoms with Gasteiger partial charge in [0.05, 0.1) is 12.7 Å². The minimum Gasteiger partial charge on any atom is -0.465 e. The smallest absolute Gasteiger partial charge is 0.337 e. The van der Waals surface area contributed by atoms with Crippen molar-refractivity contribution in [1.29, 1.82) is 0 Å². The summed E-state index contributed by atoms with van der Waals surface area (Å²) in [6.07, 6.45) is 0.516. The van der Waals surface area contributed by atoms with Gasteiger partial charge < -0.3 is 15.4 Å². The van der Waals surface area contributed by atoms with Gasteiger partial charge in [0.15, 0.2) is 0 Å². The number of anilines is 2. The Bertz CT molecular complexity index is 1350. The minimum absolute atomic E-state index is 0.00782. The molecule has 36 heavy (non-hydrogen) atoms. The summed E-state index contributed by atoms with van der Waals surface area (Å²) in [6, 6.07) is 22.2. The van der Waals surface area contributed by atoms with Crippen LogP contribution in [-0.2, 0) is 20.7 Å². The maximum absolute atomic E-state index is 12.8. The number of rotatable bonds is 8. The van der Waals surface area contributed by atoms with E-state index in [4.69, 9.17) is 16.3 Å². The molecule has 0 spiro atoms. The summed E-state index contributed by atoms with van der Waals surface area (Å²) >= 11 is 6.18. The number of ether oxygens (including phenoxy) is 1. The second-order valence-electron chi connectivity index (χ2n) is 7.92. The van der Waals surface area contributed by atoms with Crippen LogP contribution >= 0.6 is 11.6 Å². The largest absolute Gasteiger partial charge is 0.465 e. The summed E-state index contributed by atoms with van der Waals surface area (Å²) in [7, 11) is 1.28. The fourth-order valence-corrected chi connectivity index (χ4v) is 3.87. The van der Waals surface area contributed by atoms with Gasteiger partial charge in [0.1, 0.15) is 10.7 Å². The number of methoxy groups -OCH3 is 1. The molecule has 1 aliphatic heterocycles. The van der Waals surface area contributed by atoms with Gasteiger partial charge in [-0.3, -0.25) is 19.3 Å². The first-order chi connectivity index (χ1) is 17.4. The van der Waals surface area contributed by atoms with E-state index in [2.05, 4.69) is 10.6 Å². The molecule has 0 aromatic heterocycles. The molecule has 2 N–H and O–H groups in total. The fourth-order valence-electron chi connectivity index (χ4n) is 3.64. The number of esters is 1. The Hall–Kier alpha value is -4.43. The van der Waals surface area contributed by atoms with E-state index < -0.39 is 17.8 Å². The van der Waals surface area contributed by atoms with Crippen molar-refractivity contribution in [3.8, 4) is 0 Å². The van der Waals surface area contributed by atoms with Crippen LogP contribution in [-0.4, -0.2) is 42.2 Å². The third-order valence-corrected chi connectivity index (χ3v) is 5.89. The van der Waals surface area contributed by atoms with E-state index >= 15 is 0 Å². The molecule has 0 unspecified atom stereocenters. The van der Waals surface area contributed by atoms with Crippen LogP contribution in [0.1, 0.15) is 26.3 Å². The van der Waals surface area contributed by atoms with Crippen molar-refractivity contribution >= 4 is 46.7 Å². The normalized spacial score (nSPS) is 13.1. The summed E-state index contributed by atoms with van der Waals surface area (Å²) in [6.45, 7) is 0.208. The molecule has 0 saturated carbocycles. The van der Waals surface area contributed by atoms with Gasteiger partial charge in [0.2, 0.25) is 0 Å². The van der Waals surface area contributed by atoms with Crippen LogP contribution in [0.15, 0.2) is 89.6 Å². The lowest BCUT2D eigenvalue weighted by molar-refractivity contribution is -0.137. The molecule has 8 nitrogen and oxygen atoms in total. The molecular formula is C27H22ClN3O5. The molecule has 3 aromatic rings. The number of carbonyl (C=O) groups excluding carboxylic acids is 4. The second kappa shape index (κ2) is 10.9. The first-order valence-corrected chi connectivity index (χ1v) is 11.4. The first-order valence-electron chi connectivity index (χ1n) is 11.0. The molecular weight excluding hydrogens is 482 g/mol. The fraction of sp³-hybridized carbons (Fsp3) is 0.111. The zero-order valence-corrected chi connectivity index (χ0v) is 20.0. The number of hydrogen-bond donors (Lipinski definition) is 2. The Morgan fingerprint density at radius 2 is 1.58 bits per heavy atom. The molecule has 0 radical (unpaired) electrons. The predicted molar refractivity (Wildman–Crippen MR) is 136 cm³/mol. The highest BCUT2D eigenvalue weighted by molar-refractivity contribution is 6.48. The van der Waals surface area contributed by atoms with E-state index in [1.807, 2.05) is 30.3 Å². The quantitative estimate of drug-likeness (QED) is 0.352. The van der Waals surface area contributed by atoms with Gasteiger partial charge in [-0.05, 0) is 54.4 Å². The van der Waals surface area contributed by atoms with Gasteiger partial charge >= 0.3 is 5.97 Å². The SMILES string of the molecule is COC(=O)c1cccc(NC(=O)c2ccc(NC3=C(Cl)C(=O)N(CCc4ccccc4)C3=O)cc2)c1. The van der Waals surface area contributed by atoms with Gasteiger partial charge in [-0.15, -0.1) is 0 Å². The molecule has 0 bridgehead atoms. The van der Waals surface area contributed by atoms with Gasteiger partial charge in [0, 0.05) is 23.5 Å². The van der Waals surface area contributed by atoms with E-state index in [9.17, 15) is 19.2 Å². The van der Waals surface area contributed by atoms with Crippen LogP contribution in [0.5, 0.6) is 0 Å². The summed E-state index contributed by atoms with van der Waals surface area (Å²) in [5.41, 5.74) is 2.58. The summed E-state index contributed by atoms with van der Waals surface area (Å²) in [5, 5.41) is 5.43. The Balaban J connectivity index is 1.39. The van der Waals surface area contributed by atoms with E-state index in [1.54, 1.807) is 42.5 Å². The van der Waals surface area contributed by atoms with Crippen molar-refractivity contribution in [3.63, 3.8) is 0 Å². The van der Waals surface area contributed by atoms with Gasteiger partial charge in [-0.2, -0.15) is 0 Å². The predicted octanol–water partition coefficient (Wildman–Crippen LogP) is 4.20. The molecule has 0 fully saturated rings. The number of amides is 3. The first kappa shape index (κ1) is 24.7. The minimum atomic E-state index is -0.551. The molecule has 182 valence electrons. The average Bonchev–Trinajstić information content (AvgIpc) is 3.10. The highest BCUT2D eigenvalue weighted by Crippen LogP contribution is 2.26. The summed E-state index contributed by atoms with van der Waals surface area (Å²) in [5.74, 6) is -1.95. The van der Waals surface area contributed by atoms with Crippen molar-refractivity contribution in [3.05, 3.63) is 106 Å². The van der Waals surface area contributed by atoms with Crippen molar-refractivity contribution in [1.82, 2.24) is 4.90 Å². The third kappa shape index (κ3) is 5.45. The van der Waals surface area contributed by atoms with E-state index in [-0.39, 0.29) is 23.2 Å². The van der Waals surface area contributed by atoms with Crippen molar-refractivity contribution in [2.45, 2.75) is 6.42 Å². The molecule has 3 aromatic carbocycles. The number of halogens is 1. The van der Waals surface area contributed by atoms with Crippen LogP contribution in [0.4, 0.5) is 11.4 Å². The number of nitrogens with one attached hydrogen (secondary N) is 2. The zero-order valence-electron chi connectivity index (χ0n) is 19.3.